The Morgan fingerprint density at radius 2 is 2.36 bits per heavy atom. The molecule has 0 aromatic rings. The van der Waals surface area contributed by atoms with Crippen LogP contribution >= 0.6 is 0 Å². The second-order valence-electron chi connectivity index (χ2n) is 5.00. The number of hydrogen-bond acceptors (Lipinski definition) is 3. The monoisotopic (exact) mass is 195 g/mol. The van der Waals surface area contributed by atoms with Crippen molar-refractivity contribution >= 4 is 12.8 Å². The zero-order valence-electron chi connectivity index (χ0n) is 8.99. The molecule has 0 unspecified atom stereocenters. The summed E-state index contributed by atoms with van der Waals surface area (Å²) in [5, 5.41) is 9.75. The van der Waals surface area contributed by atoms with E-state index in [1.165, 1.54) is 6.42 Å². The summed E-state index contributed by atoms with van der Waals surface area (Å²) in [5.74, 6) is 0.370. The van der Waals surface area contributed by atoms with E-state index in [1.54, 1.807) is 0 Å². The van der Waals surface area contributed by atoms with Gasteiger partial charge in [0.2, 0.25) is 0 Å². The molecule has 2 aliphatic heterocycles. The lowest BCUT2D eigenvalue weighted by atomic mass is 9.66. The van der Waals surface area contributed by atoms with E-state index >= 15 is 0 Å². The van der Waals surface area contributed by atoms with Gasteiger partial charge in [0, 0.05) is 24.4 Å². The van der Waals surface area contributed by atoms with Gasteiger partial charge in [0.15, 0.2) is 0 Å². The second-order valence-corrected chi connectivity index (χ2v) is 5.00. The Bertz CT molecular complexity index is 257. The van der Waals surface area contributed by atoms with E-state index in [0.29, 0.717) is 18.6 Å². The highest BCUT2D eigenvalue weighted by Gasteiger charge is 2.48. The average Bonchev–Trinajstić information content (AvgIpc) is 1.99. The highest BCUT2D eigenvalue weighted by atomic mass is 16.2. The summed E-state index contributed by atoms with van der Waals surface area (Å²) in [6.07, 6.45) is 4.55. The first-order valence-electron chi connectivity index (χ1n) is 5.51. The Kier molecular flexibility index (Phi) is 2.44. The van der Waals surface area contributed by atoms with E-state index < -0.39 is 7.05 Å². The van der Waals surface area contributed by atoms with Gasteiger partial charge in [0.05, 0.1) is 0 Å². The van der Waals surface area contributed by atoms with E-state index in [2.05, 4.69) is 11.7 Å². The molecule has 0 amide bonds. The molecule has 2 bridgehead atoms. The zero-order valence-corrected chi connectivity index (χ0v) is 8.99. The fourth-order valence-electron chi connectivity index (χ4n) is 3.32. The van der Waals surface area contributed by atoms with Crippen LogP contribution in [0.5, 0.6) is 0 Å². The molecule has 0 aromatic carbocycles. The summed E-state index contributed by atoms with van der Waals surface area (Å²) in [7, 11) is -0.418. The normalized spacial score (nSPS) is 38.5. The smallest absolute Gasteiger partial charge is 0.377 e. The van der Waals surface area contributed by atoms with E-state index in [-0.39, 0.29) is 11.6 Å². The molecule has 2 heterocycles. The van der Waals surface area contributed by atoms with Crippen molar-refractivity contribution in [1.82, 2.24) is 4.81 Å². The molecule has 0 spiro atoms. The largest absolute Gasteiger partial charge is 0.437 e. The lowest BCUT2D eigenvalue weighted by Gasteiger charge is -2.53. The predicted octanol–water partition coefficient (Wildman–Crippen LogP) is 1.07. The van der Waals surface area contributed by atoms with Crippen LogP contribution in [0.1, 0.15) is 39.0 Å². The van der Waals surface area contributed by atoms with E-state index in [0.717, 1.165) is 12.8 Å². The van der Waals surface area contributed by atoms with Crippen molar-refractivity contribution in [3.63, 3.8) is 0 Å². The van der Waals surface area contributed by atoms with Crippen molar-refractivity contribution in [2.24, 2.45) is 0 Å². The molecule has 3 nitrogen and oxygen atoms in total. The van der Waals surface area contributed by atoms with E-state index in [1.807, 2.05) is 6.82 Å². The van der Waals surface area contributed by atoms with Gasteiger partial charge in [-0.05, 0) is 26.6 Å². The number of Topliss-reactive ketones (excluding diaryl/α,β-unsaturated/α-hetero) is 1. The number of carbonyl (C=O) groups excluding carboxylic acids is 1. The number of carbonyl (C=O) groups is 1. The second kappa shape index (κ2) is 3.35. The van der Waals surface area contributed by atoms with Crippen molar-refractivity contribution in [1.29, 1.82) is 0 Å². The first-order chi connectivity index (χ1) is 6.53. The molecule has 0 aromatic heterocycles. The number of ketones is 1. The quantitative estimate of drug-likeness (QED) is 0.636. The number of hydrogen-bond donors (Lipinski definition) is 1. The third-order valence-corrected chi connectivity index (χ3v) is 3.71. The van der Waals surface area contributed by atoms with Gasteiger partial charge < -0.3 is 9.83 Å². The van der Waals surface area contributed by atoms with Crippen molar-refractivity contribution < 1.29 is 9.82 Å². The van der Waals surface area contributed by atoms with Crippen LogP contribution in [-0.2, 0) is 4.79 Å². The SMILES string of the molecule is CB(O)N1[C@@H]2CCC[C@@]1(C)CC(=O)C2. The maximum Gasteiger partial charge on any atom is 0.377 e. The number of fused-ring (bicyclic) bond motifs is 2. The summed E-state index contributed by atoms with van der Waals surface area (Å²) in [5.41, 5.74) is -0.0770. The number of nitrogens with zero attached hydrogens (tertiary/aromatic N) is 1. The van der Waals surface area contributed by atoms with Gasteiger partial charge in [0.1, 0.15) is 5.78 Å². The maximum atomic E-state index is 11.5. The first-order valence-corrected chi connectivity index (χ1v) is 5.51. The van der Waals surface area contributed by atoms with Crippen molar-refractivity contribution in [3.8, 4) is 0 Å². The summed E-state index contributed by atoms with van der Waals surface area (Å²) >= 11 is 0. The summed E-state index contributed by atoms with van der Waals surface area (Å²) in [6.45, 7) is 3.93. The van der Waals surface area contributed by atoms with E-state index in [9.17, 15) is 9.82 Å². The third-order valence-electron chi connectivity index (χ3n) is 3.71. The van der Waals surface area contributed by atoms with Crippen LogP contribution in [0.3, 0.4) is 0 Å². The van der Waals surface area contributed by atoms with Crippen LogP contribution in [-0.4, -0.2) is 34.2 Å². The van der Waals surface area contributed by atoms with Crippen LogP contribution < -0.4 is 0 Å². The fourth-order valence-corrected chi connectivity index (χ4v) is 3.32. The van der Waals surface area contributed by atoms with Crippen LogP contribution in [0.2, 0.25) is 6.82 Å². The van der Waals surface area contributed by atoms with Gasteiger partial charge >= 0.3 is 7.05 Å². The minimum Gasteiger partial charge on any atom is -0.437 e. The molecule has 4 heteroatoms. The average molecular weight is 195 g/mol. The Balaban J connectivity index is 2.27. The van der Waals surface area contributed by atoms with Crippen LogP contribution in [0, 0.1) is 0 Å². The minimum atomic E-state index is -0.418. The van der Waals surface area contributed by atoms with Crippen LogP contribution in [0.15, 0.2) is 0 Å². The van der Waals surface area contributed by atoms with Gasteiger partial charge in [-0.15, -0.1) is 0 Å². The van der Waals surface area contributed by atoms with Gasteiger partial charge in [-0.3, -0.25) is 4.79 Å². The summed E-state index contributed by atoms with van der Waals surface area (Å²) in [4.78, 5) is 13.7. The van der Waals surface area contributed by atoms with Gasteiger partial charge in [-0.1, -0.05) is 6.42 Å². The fraction of sp³-hybridized carbons (Fsp3) is 0.900. The number of piperidine rings is 2. The first kappa shape index (κ1) is 10.2. The molecule has 2 aliphatic rings. The summed E-state index contributed by atoms with van der Waals surface area (Å²) < 4.78 is 0. The zero-order chi connectivity index (χ0) is 10.3. The molecule has 78 valence electrons. The standard InChI is InChI=1S/C10H18BNO2/c1-10-5-3-4-8(6-9(13)7-10)12(10)11(2)14/h8,14H,3-7H2,1-2H3/t8-,10+/m1/s1. The van der Waals surface area contributed by atoms with Gasteiger partial charge in [0.25, 0.3) is 0 Å². The third kappa shape index (κ3) is 1.50. The van der Waals surface area contributed by atoms with Gasteiger partial charge in [-0.25, -0.2) is 0 Å². The van der Waals surface area contributed by atoms with Crippen molar-refractivity contribution in [2.75, 3.05) is 0 Å². The molecule has 14 heavy (non-hydrogen) atoms. The lowest BCUT2D eigenvalue weighted by molar-refractivity contribution is -0.128. The molecular formula is C10H18BNO2. The van der Waals surface area contributed by atoms with Gasteiger partial charge in [-0.2, -0.15) is 0 Å². The molecule has 0 radical (unpaired) electrons. The minimum absolute atomic E-state index is 0.0770. The Morgan fingerprint density at radius 3 is 2.93 bits per heavy atom. The molecule has 2 rings (SSSR count). The Morgan fingerprint density at radius 1 is 1.64 bits per heavy atom. The molecule has 1 N–H and O–H groups in total. The van der Waals surface area contributed by atoms with Crippen LogP contribution in [0.4, 0.5) is 0 Å². The molecule has 2 fully saturated rings. The van der Waals surface area contributed by atoms with Crippen molar-refractivity contribution in [2.45, 2.75) is 57.4 Å². The topological polar surface area (TPSA) is 40.5 Å². The van der Waals surface area contributed by atoms with E-state index in [4.69, 9.17) is 0 Å². The summed E-state index contributed by atoms with van der Waals surface area (Å²) in [6, 6.07) is 0.287. The molecular weight excluding hydrogens is 177 g/mol. The Hall–Kier alpha value is -0.345. The maximum absolute atomic E-state index is 11.5. The Labute approximate surface area is 85.6 Å². The lowest BCUT2D eigenvalue weighted by Crippen LogP contribution is -2.64. The van der Waals surface area contributed by atoms with Crippen molar-refractivity contribution in [3.05, 3.63) is 0 Å². The molecule has 0 aliphatic carbocycles. The highest BCUT2D eigenvalue weighted by Crippen LogP contribution is 2.40. The predicted molar refractivity (Wildman–Crippen MR) is 56.0 cm³/mol. The molecule has 0 saturated carbocycles. The van der Waals surface area contributed by atoms with Crippen LogP contribution in [0.25, 0.3) is 0 Å². The highest BCUT2D eigenvalue weighted by molar-refractivity contribution is 6.45. The molecule has 2 saturated heterocycles. The molecule has 2 atom stereocenters. The number of rotatable bonds is 1.